The predicted molar refractivity (Wildman–Crippen MR) is 87.9 cm³/mol. The number of aliphatic hydroxyl groups is 1. The van der Waals surface area contributed by atoms with Crippen molar-refractivity contribution in [3.8, 4) is 5.75 Å². The van der Waals surface area contributed by atoms with E-state index in [4.69, 9.17) is 4.74 Å². The molecule has 1 amide bonds. The molecule has 2 rings (SSSR count). The van der Waals surface area contributed by atoms with E-state index in [1.54, 1.807) is 11.9 Å². The molecule has 0 aliphatic carbocycles. The zero-order valence-corrected chi connectivity index (χ0v) is 13.3. The number of benzene rings is 2. The summed E-state index contributed by atoms with van der Waals surface area (Å²) in [6.45, 7) is 4.11. The molecule has 0 bridgehead atoms. The first-order chi connectivity index (χ1) is 10.5. The second kappa shape index (κ2) is 7.27. The minimum absolute atomic E-state index is 0.0178. The Bertz CT molecular complexity index is 634. The van der Waals surface area contributed by atoms with Crippen molar-refractivity contribution >= 4 is 16.7 Å². The van der Waals surface area contributed by atoms with Crippen LogP contribution >= 0.6 is 0 Å². The summed E-state index contributed by atoms with van der Waals surface area (Å²) < 4.78 is 5.73. The van der Waals surface area contributed by atoms with Gasteiger partial charge in [0.25, 0.3) is 0 Å². The van der Waals surface area contributed by atoms with E-state index in [2.05, 4.69) is 0 Å². The van der Waals surface area contributed by atoms with Crippen molar-refractivity contribution in [1.82, 2.24) is 4.90 Å². The Balaban J connectivity index is 1.96. The molecular formula is C18H23NO3. The lowest BCUT2D eigenvalue weighted by Crippen LogP contribution is -2.38. The first kappa shape index (κ1) is 16.3. The van der Waals surface area contributed by atoms with E-state index in [-0.39, 0.29) is 25.0 Å². The Hall–Kier alpha value is -2.07. The number of aliphatic hydroxyl groups excluding tert-OH is 1. The van der Waals surface area contributed by atoms with Crippen molar-refractivity contribution in [2.75, 3.05) is 20.2 Å². The number of fused-ring (bicyclic) bond motifs is 1. The normalized spacial score (nSPS) is 12.4. The first-order valence-corrected chi connectivity index (χ1v) is 7.52. The summed E-state index contributed by atoms with van der Waals surface area (Å²) >= 11 is 0. The number of ether oxygens (including phenoxy) is 1. The van der Waals surface area contributed by atoms with Crippen molar-refractivity contribution in [3.63, 3.8) is 0 Å². The van der Waals surface area contributed by atoms with E-state index in [1.165, 1.54) is 0 Å². The van der Waals surface area contributed by atoms with E-state index >= 15 is 0 Å². The second-order valence-electron chi connectivity index (χ2n) is 5.82. The lowest BCUT2D eigenvalue weighted by Gasteiger charge is -2.22. The zero-order chi connectivity index (χ0) is 16.1. The Morgan fingerprint density at radius 1 is 1.18 bits per heavy atom. The maximum Gasteiger partial charge on any atom is 0.224 e. The third kappa shape index (κ3) is 3.98. The van der Waals surface area contributed by atoms with Gasteiger partial charge in [-0.1, -0.05) is 50.2 Å². The minimum Gasteiger partial charge on any atom is -0.490 e. The maximum absolute atomic E-state index is 11.8. The van der Waals surface area contributed by atoms with Gasteiger partial charge in [-0.25, -0.2) is 0 Å². The highest BCUT2D eigenvalue weighted by atomic mass is 16.5. The molecule has 4 nitrogen and oxygen atoms in total. The van der Waals surface area contributed by atoms with Gasteiger partial charge in [-0.15, -0.1) is 0 Å². The molecule has 2 aromatic rings. The van der Waals surface area contributed by atoms with Crippen LogP contribution in [0.25, 0.3) is 10.8 Å². The molecule has 4 heteroatoms. The molecule has 0 radical (unpaired) electrons. The molecular weight excluding hydrogens is 278 g/mol. The SMILES string of the molecule is CC(C)C(=O)N(C)CC(O)COc1cccc2ccccc12. The molecule has 1 unspecified atom stereocenters. The highest BCUT2D eigenvalue weighted by Gasteiger charge is 2.17. The Labute approximate surface area is 131 Å². The van der Waals surface area contributed by atoms with Crippen LogP contribution in [0.4, 0.5) is 0 Å². The van der Waals surface area contributed by atoms with Crippen molar-refractivity contribution in [2.24, 2.45) is 5.92 Å². The monoisotopic (exact) mass is 301 g/mol. The van der Waals surface area contributed by atoms with Gasteiger partial charge in [0.2, 0.25) is 5.91 Å². The summed E-state index contributed by atoms with van der Waals surface area (Å²) in [6, 6.07) is 13.8. The van der Waals surface area contributed by atoms with Crippen molar-refractivity contribution < 1.29 is 14.6 Å². The van der Waals surface area contributed by atoms with Crippen LogP contribution in [0.5, 0.6) is 5.75 Å². The average Bonchev–Trinajstić information content (AvgIpc) is 2.51. The van der Waals surface area contributed by atoms with Crippen molar-refractivity contribution in [2.45, 2.75) is 20.0 Å². The number of hydrogen-bond acceptors (Lipinski definition) is 3. The lowest BCUT2D eigenvalue weighted by atomic mass is 10.1. The Morgan fingerprint density at radius 2 is 1.86 bits per heavy atom. The molecule has 0 fully saturated rings. The Morgan fingerprint density at radius 3 is 2.59 bits per heavy atom. The average molecular weight is 301 g/mol. The predicted octanol–water partition coefficient (Wildman–Crippen LogP) is 2.69. The molecule has 2 aromatic carbocycles. The highest BCUT2D eigenvalue weighted by molar-refractivity contribution is 5.88. The number of likely N-dealkylation sites (N-methyl/N-ethyl adjacent to an activating group) is 1. The van der Waals surface area contributed by atoms with Crippen LogP contribution in [0.3, 0.4) is 0 Å². The van der Waals surface area contributed by atoms with Crippen LogP contribution in [0.15, 0.2) is 42.5 Å². The fourth-order valence-corrected chi connectivity index (χ4v) is 2.41. The molecule has 0 aliphatic rings. The van der Waals surface area contributed by atoms with Crippen LogP contribution in [0.2, 0.25) is 0 Å². The van der Waals surface area contributed by atoms with E-state index < -0.39 is 6.10 Å². The Kier molecular flexibility index (Phi) is 5.39. The highest BCUT2D eigenvalue weighted by Crippen LogP contribution is 2.25. The van der Waals surface area contributed by atoms with Gasteiger partial charge >= 0.3 is 0 Å². The molecule has 1 N–H and O–H groups in total. The van der Waals surface area contributed by atoms with Gasteiger partial charge in [0.1, 0.15) is 18.5 Å². The van der Waals surface area contributed by atoms with Crippen LogP contribution in [-0.2, 0) is 4.79 Å². The molecule has 1 atom stereocenters. The van der Waals surface area contributed by atoms with E-state index in [0.717, 1.165) is 16.5 Å². The molecule has 0 saturated heterocycles. The smallest absolute Gasteiger partial charge is 0.224 e. The number of amides is 1. The van der Waals surface area contributed by atoms with Crippen molar-refractivity contribution in [3.05, 3.63) is 42.5 Å². The van der Waals surface area contributed by atoms with Gasteiger partial charge in [-0.2, -0.15) is 0 Å². The summed E-state index contributed by atoms with van der Waals surface area (Å²) in [5, 5.41) is 12.2. The maximum atomic E-state index is 11.8. The number of nitrogens with zero attached hydrogens (tertiary/aromatic N) is 1. The number of carbonyl (C=O) groups is 1. The first-order valence-electron chi connectivity index (χ1n) is 7.52. The van der Waals surface area contributed by atoms with E-state index in [9.17, 15) is 9.90 Å². The van der Waals surface area contributed by atoms with Crippen LogP contribution < -0.4 is 4.74 Å². The standard InChI is InChI=1S/C18H23NO3/c1-13(2)18(21)19(3)11-15(20)12-22-17-10-6-8-14-7-4-5-9-16(14)17/h4-10,13,15,20H,11-12H2,1-3H3. The molecule has 118 valence electrons. The quantitative estimate of drug-likeness (QED) is 0.892. The molecule has 22 heavy (non-hydrogen) atoms. The topological polar surface area (TPSA) is 49.8 Å². The second-order valence-corrected chi connectivity index (χ2v) is 5.82. The van der Waals surface area contributed by atoms with Gasteiger partial charge in [-0.05, 0) is 11.5 Å². The van der Waals surface area contributed by atoms with E-state index in [1.807, 2.05) is 56.3 Å². The zero-order valence-electron chi connectivity index (χ0n) is 13.3. The molecule has 0 spiro atoms. The summed E-state index contributed by atoms with van der Waals surface area (Å²) in [5.74, 6) is 0.690. The van der Waals surface area contributed by atoms with Crippen LogP contribution in [-0.4, -0.2) is 42.2 Å². The summed E-state index contributed by atoms with van der Waals surface area (Å²) in [5.41, 5.74) is 0. The van der Waals surface area contributed by atoms with Gasteiger partial charge in [0, 0.05) is 24.9 Å². The van der Waals surface area contributed by atoms with Crippen LogP contribution in [0, 0.1) is 5.92 Å². The number of hydrogen-bond donors (Lipinski definition) is 1. The third-order valence-electron chi connectivity index (χ3n) is 3.54. The largest absolute Gasteiger partial charge is 0.490 e. The van der Waals surface area contributed by atoms with Gasteiger partial charge in [0.05, 0.1) is 0 Å². The molecule has 0 aliphatic heterocycles. The number of carbonyl (C=O) groups excluding carboxylic acids is 1. The number of rotatable bonds is 6. The van der Waals surface area contributed by atoms with Gasteiger partial charge < -0.3 is 14.7 Å². The van der Waals surface area contributed by atoms with Crippen LogP contribution in [0.1, 0.15) is 13.8 Å². The van der Waals surface area contributed by atoms with Gasteiger partial charge in [-0.3, -0.25) is 4.79 Å². The lowest BCUT2D eigenvalue weighted by molar-refractivity contribution is -0.134. The molecule has 0 saturated carbocycles. The fraction of sp³-hybridized carbons (Fsp3) is 0.389. The molecule has 0 aromatic heterocycles. The fourth-order valence-electron chi connectivity index (χ4n) is 2.41. The minimum atomic E-state index is -0.716. The summed E-state index contributed by atoms with van der Waals surface area (Å²) in [7, 11) is 1.70. The van der Waals surface area contributed by atoms with Gasteiger partial charge in [0.15, 0.2) is 0 Å². The van der Waals surface area contributed by atoms with E-state index in [0.29, 0.717) is 0 Å². The summed E-state index contributed by atoms with van der Waals surface area (Å²) in [6.07, 6.45) is -0.716. The molecule has 0 heterocycles. The van der Waals surface area contributed by atoms with Crippen molar-refractivity contribution in [1.29, 1.82) is 0 Å². The summed E-state index contributed by atoms with van der Waals surface area (Å²) in [4.78, 5) is 13.3. The third-order valence-corrected chi connectivity index (χ3v) is 3.54.